The van der Waals surface area contributed by atoms with E-state index in [2.05, 4.69) is 29.8 Å². The second-order valence-electron chi connectivity index (χ2n) is 6.10. The highest BCUT2D eigenvalue weighted by molar-refractivity contribution is 6.28. The predicted molar refractivity (Wildman–Crippen MR) is 94.3 cm³/mol. The van der Waals surface area contributed by atoms with Crippen molar-refractivity contribution in [2.24, 2.45) is 0 Å². The molecule has 3 aromatic rings. The van der Waals surface area contributed by atoms with Crippen molar-refractivity contribution in [2.75, 3.05) is 11.9 Å². The van der Waals surface area contributed by atoms with E-state index in [1.54, 1.807) is 6.20 Å². The molecule has 3 aromatic heterocycles. The highest BCUT2D eigenvalue weighted by atomic mass is 35.5. The minimum atomic E-state index is 0.252. The lowest BCUT2D eigenvalue weighted by atomic mass is 10.2. The Labute approximate surface area is 145 Å². The number of imidazole rings is 1. The molecule has 0 unspecified atom stereocenters. The molecular formula is C17H19ClN6. The van der Waals surface area contributed by atoms with E-state index in [9.17, 15) is 0 Å². The smallest absolute Gasteiger partial charge is 0.226 e. The van der Waals surface area contributed by atoms with Gasteiger partial charge >= 0.3 is 0 Å². The summed E-state index contributed by atoms with van der Waals surface area (Å²) in [6, 6.07) is 6.40. The summed E-state index contributed by atoms with van der Waals surface area (Å²) in [6.45, 7) is 0.718. The molecule has 0 saturated heterocycles. The summed E-state index contributed by atoms with van der Waals surface area (Å²) >= 11 is 6.14. The van der Waals surface area contributed by atoms with Crippen molar-refractivity contribution in [1.29, 1.82) is 0 Å². The van der Waals surface area contributed by atoms with Crippen molar-refractivity contribution < 1.29 is 0 Å². The molecule has 3 heterocycles. The molecule has 1 saturated carbocycles. The minimum Gasteiger partial charge on any atom is -0.368 e. The van der Waals surface area contributed by atoms with Crippen LogP contribution in [0.15, 0.2) is 30.7 Å². The molecule has 7 heteroatoms. The molecule has 1 aliphatic carbocycles. The van der Waals surface area contributed by atoms with Gasteiger partial charge in [0.2, 0.25) is 5.28 Å². The lowest BCUT2D eigenvalue weighted by Crippen LogP contribution is -2.09. The predicted octanol–water partition coefficient (Wildman–Crippen LogP) is 3.64. The molecule has 0 aromatic carbocycles. The summed E-state index contributed by atoms with van der Waals surface area (Å²) < 4.78 is 2.15. The van der Waals surface area contributed by atoms with Gasteiger partial charge in [-0.3, -0.25) is 4.98 Å². The zero-order valence-electron chi connectivity index (χ0n) is 13.3. The first-order chi connectivity index (χ1) is 11.8. The van der Waals surface area contributed by atoms with Crippen LogP contribution < -0.4 is 5.32 Å². The molecule has 0 atom stereocenters. The van der Waals surface area contributed by atoms with Gasteiger partial charge in [0.05, 0.1) is 6.33 Å². The van der Waals surface area contributed by atoms with Crippen LogP contribution in [-0.2, 0) is 6.42 Å². The van der Waals surface area contributed by atoms with Crippen molar-refractivity contribution in [2.45, 2.75) is 38.1 Å². The molecule has 0 aliphatic heterocycles. The number of anilines is 1. The van der Waals surface area contributed by atoms with Crippen LogP contribution in [0.3, 0.4) is 0 Å². The normalized spacial score (nSPS) is 15.2. The summed E-state index contributed by atoms with van der Waals surface area (Å²) in [5.74, 6) is 0.692. The van der Waals surface area contributed by atoms with E-state index in [4.69, 9.17) is 11.6 Å². The van der Waals surface area contributed by atoms with Crippen LogP contribution in [0, 0.1) is 0 Å². The number of hydrogen-bond donors (Lipinski definition) is 1. The van der Waals surface area contributed by atoms with E-state index in [-0.39, 0.29) is 5.28 Å². The Morgan fingerprint density at radius 1 is 1.17 bits per heavy atom. The Hall–Kier alpha value is -2.21. The summed E-state index contributed by atoms with van der Waals surface area (Å²) in [5, 5.41) is 3.58. The first-order valence-electron chi connectivity index (χ1n) is 8.35. The fraction of sp³-hybridized carbons (Fsp3) is 0.412. The third-order valence-electron chi connectivity index (χ3n) is 4.51. The van der Waals surface area contributed by atoms with Crippen molar-refractivity contribution in [3.05, 3.63) is 41.7 Å². The van der Waals surface area contributed by atoms with Crippen LogP contribution in [0.25, 0.3) is 11.2 Å². The van der Waals surface area contributed by atoms with Gasteiger partial charge in [-0.2, -0.15) is 9.97 Å². The van der Waals surface area contributed by atoms with Crippen molar-refractivity contribution in [1.82, 2.24) is 24.5 Å². The Morgan fingerprint density at radius 3 is 2.83 bits per heavy atom. The number of nitrogens with zero attached hydrogens (tertiary/aromatic N) is 5. The molecule has 6 nitrogen and oxygen atoms in total. The largest absolute Gasteiger partial charge is 0.368 e. The maximum Gasteiger partial charge on any atom is 0.226 e. The quantitative estimate of drug-likeness (QED) is 0.717. The van der Waals surface area contributed by atoms with Crippen LogP contribution in [0.5, 0.6) is 0 Å². The minimum absolute atomic E-state index is 0.252. The van der Waals surface area contributed by atoms with Gasteiger partial charge in [-0.1, -0.05) is 18.9 Å². The SMILES string of the molecule is Clc1nc(NCCc2ccccn2)c2ncn(C3CCCC3)c2n1. The van der Waals surface area contributed by atoms with Gasteiger partial charge < -0.3 is 9.88 Å². The van der Waals surface area contributed by atoms with Gasteiger partial charge in [-0.05, 0) is 36.6 Å². The topological polar surface area (TPSA) is 68.5 Å². The molecule has 0 spiro atoms. The Balaban J connectivity index is 1.56. The lowest BCUT2D eigenvalue weighted by Gasteiger charge is -2.12. The molecular weight excluding hydrogens is 324 g/mol. The standard InChI is InChI=1S/C17H19ClN6/c18-17-22-15(20-10-8-12-5-3-4-9-19-12)14-16(23-17)24(11-21-14)13-6-1-2-7-13/h3-5,9,11,13H,1-2,6-8,10H2,(H,20,22,23). The van der Waals surface area contributed by atoms with E-state index in [0.29, 0.717) is 11.9 Å². The molecule has 0 amide bonds. The van der Waals surface area contributed by atoms with E-state index >= 15 is 0 Å². The second-order valence-corrected chi connectivity index (χ2v) is 6.44. The highest BCUT2D eigenvalue weighted by Crippen LogP contribution is 2.32. The zero-order valence-corrected chi connectivity index (χ0v) is 14.1. The molecule has 1 fully saturated rings. The molecule has 0 bridgehead atoms. The zero-order chi connectivity index (χ0) is 16.4. The Kier molecular flexibility index (Phi) is 4.30. The highest BCUT2D eigenvalue weighted by Gasteiger charge is 2.21. The number of aromatic nitrogens is 5. The van der Waals surface area contributed by atoms with Crippen LogP contribution in [0.1, 0.15) is 37.4 Å². The van der Waals surface area contributed by atoms with Crippen LogP contribution in [0.2, 0.25) is 5.28 Å². The van der Waals surface area contributed by atoms with Crippen LogP contribution >= 0.6 is 11.6 Å². The fourth-order valence-electron chi connectivity index (χ4n) is 3.32. The molecule has 4 rings (SSSR count). The summed E-state index contributed by atoms with van der Waals surface area (Å²) in [7, 11) is 0. The van der Waals surface area contributed by atoms with Gasteiger partial charge in [-0.15, -0.1) is 0 Å². The van der Waals surface area contributed by atoms with E-state index in [0.717, 1.165) is 29.8 Å². The van der Waals surface area contributed by atoms with Crippen LogP contribution in [0.4, 0.5) is 5.82 Å². The Morgan fingerprint density at radius 2 is 2.04 bits per heavy atom. The van der Waals surface area contributed by atoms with Gasteiger partial charge in [0.15, 0.2) is 17.0 Å². The fourth-order valence-corrected chi connectivity index (χ4v) is 3.48. The van der Waals surface area contributed by atoms with Gasteiger partial charge in [0, 0.05) is 30.9 Å². The van der Waals surface area contributed by atoms with E-state index in [1.165, 1.54) is 25.7 Å². The average Bonchev–Trinajstić information content (AvgIpc) is 3.24. The summed E-state index contributed by atoms with van der Waals surface area (Å²) in [4.78, 5) is 17.6. The summed E-state index contributed by atoms with van der Waals surface area (Å²) in [5.41, 5.74) is 2.65. The van der Waals surface area contributed by atoms with Crippen molar-refractivity contribution in [3.63, 3.8) is 0 Å². The third-order valence-corrected chi connectivity index (χ3v) is 4.68. The number of halogens is 1. The number of nitrogens with one attached hydrogen (secondary N) is 1. The Bertz CT molecular complexity index is 826. The molecule has 0 radical (unpaired) electrons. The van der Waals surface area contributed by atoms with Gasteiger partial charge in [-0.25, -0.2) is 4.98 Å². The number of hydrogen-bond acceptors (Lipinski definition) is 5. The second kappa shape index (κ2) is 6.73. The molecule has 124 valence electrons. The monoisotopic (exact) mass is 342 g/mol. The molecule has 1 N–H and O–H groups in total. The van der Waals surface area contributed by atoms with Gasteiger partial charge in [0.25, 0.3) is 0 Å². The number of fused-ring (bicyclic) bond motifs is 1. The summed E-state index contributed by atoms with van der Waals surface area (Å²) in [6.07, 6.45) is 9.36. The number of pyridine rings is 1. The average molecular weight is 343 g/mol. The van der Waals surface area contributed by atoms with E-state index < -0.39 is 0 Å². The van der Waals surface area contributed by atoms with Crippen molar-refractivity contribution in [3.8, 4) is 0 Å². The maximum absolute atomic E-state index is 6.14. The van der Waals surface area contributed by atoms with Crippen LogP contribution in [-0.4, -0.2) is 31.0 Å². The third kappa shape index (κ3) is 3.06. The lowest BCUT2D eigenvalue weighted by molar-refractivity contribution is 0.529. The molecule has 24 heavy (non-hydrogen) atoms. The first-order valence-corrected chi connectivity index (χ1v) is 8.73. The molecule has 1 aliphatic rings. The maximum atomic E-state index is 6.14. The first kappa shape index (κ1) is 15.3. The number of rotatable bonds is 5. The van der Waals surface area contributed by atoms with Gasteiger partial charge in [0.1, 0.15) is 0 Å². The van der Waals surface area contributed by atoms with E-state index in [1.807, 2.05) is 24.5 Å². The van der Waals surface area contributed by atoms with Crippen molar-refractivity contribution >= 4 is 28.6 Å².